The highest BCUT2D eigenvalue weighted by Crippen LogP contribution is 2.25. The Labute approximate surface area is 149 Å². The third-order valence-electron chi connectivity index (χ3n) is 3.13. The van der Waals surface area contributed by atoms with Gasteiger partial charge in [0.15, 0.2) is 0 Å². The van der Waals surface area contributed by atoms with Crippen molar-refractivity contribution < 1.29 is 17.6 Å². The van der Waals surface area contributed by atoms with Crippen LogP contribution in [0, 0.1) is 5.82 Å². The van der Waals surface area contributed by atoms with E-state index in [1.165, 1.54) is 44.4 Å². The van der Waals surface area contributed by atoms with E-state index in [0.29, 0.717) is 0 Å². The lowest BCUT2D eigenvalue weighted by atomic mass is 10.2. The van der Waals surface area contributed by atoms with Gasteiger partial charge in [-0.3, -0.25) is 4.79 Å². The molecule has 0 radical (unpaired) electrons. The molecule has 0 bridgehead atoms. The normalized spacial score (nSPS) is 11.6. The van der Waals surface area contributed by atoms with E-state index in [9.17, 15) is 17.6 Å². The molecule has 0 unspecified atom stereocenters. The molecular weight excluding hydrogens is 378 g/mol. The molecule has 1 amide bonds. The van der Waals surface area contributed by atoms with Crippen LogP contribution in [0.25, 0.3) is 0 Å². The lowest BCUT2D eigenvalue weighted by molar-refractivity contribution is 0.102. The first-order valence-corrected chi connectivity index (χ1v) is 8.81. The molecular formula is C15H13Cl2FN2O3S. The zero-order chi connectivity index (χ0) is 18.1. The van der Waals surface area contributed by atoms with Crippen LogP contribution < -0.4 is 5.32 Å². The molecule has 0 saturated carbocycles. The van der Waals surface area contributed by atoms with Crippen molar-refractivity contribution in [2.45, 2.75) is 4.90 Å². The maximum Gasteiger partial charge on any atom is 0.255 e. The van der Waals surface area contributed by atoms with Crippen LogP contribution in [0.1, 0.15) is 10.4 Å². The van der Waals surface area contributed by atoms with Crippen molar-refractivity contribution >= 4 is 44.8 Å². The summed E-state index contributed by atoms with van der Waals surface area (Å²) in [4.78, 5) is 12.1. The molecule has 0 saturated heterocycles. The maximum atomic E-state index is 13.1. The van der Waals surface area contributed by atoms with Crippen LogP contribution >= 0.6 is 23.2 Å². The lowest BCUT2D eigenvalue weighted by Crippen LogP contribution is -2.23. The molecule has 0 atom stereocenters. The second-order valence-corrected chi connectivity index (χ2v) is 7.95. The molecule has 2 aromatic carbocycles. The summed E-state index contributed by atoms with van der Waals surface area (Å²) in [6.45, 7) is 0. The second kappa shape index (κ2) is 7.06. The number of hydrogen-bond acceptors (Lipinski definition) is 3. The number of halogens is 3. The van der Waals surface area contributed by atoms with Gasteiger partial charge >= 0.3 is 0 Å². The molecule has 0 aliphatic rings. The van der Waals surface area contributed by atoms with E-state index in [4.69, 9.17) is 23.2 Å². The van der Waals surface area contributed by atoms with Crippen molar-refractivity contribution in [3.05, 3.63) is 57.8 Å². The number of benzene rings is 2. The number of sulfonamides is 1. The number of carbonyl (C=O) groups is 1. The molecule has 0 heterocycles. The van der Waals surface area contributed by atoms with Gasteiger partial charge in [-0.1, -0.05) is 23.2 Å². The van der Waals surface area contributed by atoms with E-state index in [-0.39, 0.29) is 26.2 Å². The predicted octanol–water partition coefficient (Wildman–Crippen LogP) is 3.64. The zero-order valence-electron chi connectivity index (χ0n) is 12.7. The molecule has 2 rings (SSSR count). The van der Waals surface area contributed by atoms with Crippen LogP contribution in [0.4, 0.5) is 10.1 Å². The van der Waals surface area contributed by atoms with Crippen LogP contribution in [0.5, 0.6) is 0 Å². The number of anilines is 1. The topological polar surface area (TPSA) is 66.5 Å². The average Bonchev–Trinajstić information content (AvgIpc) is 2.51. The van der Waals surface area contributed by atoms with Gasteiger partial charge in [0.25, 0.3) is 5.91 Å². The highest BCUT2D eigenvalue weighted by atomic mass is 35.5. The van der Waals surface area contributed by atoms with E-state index in [1.807, 2.05) is 0 Å². The Morgan fingerprint density at radius 1 is 1.08 bits per heavy atom. The monoisotopic (exact) mass is 390 g/mol. The van der Waals surface area contributed by atoms with Crippen molar-refractivity contribution in [1.82, 2.24) is 4.31 Å². The Bertz CT molecular complexity index is 902. The first-order chi connectivity index (χ1) is 11.1. The van der Waals surface area contributed by atoms with Crippen molar-refractivity contribution in [3.8, 4) is 0 Å². The molecule has 1 N–H and O–H groups in total. The minimum Gasteiger partial charge on any atom is -0.322 e. The number of nitrogens with zero attached hydrogens (tertiary/aromatic N) is 1. The van der Waals surface area contributed by atoms with Gasteiger partial charge in [-0.2, -0.15) is 0 Å². The van der Waals surface area contributed by atoms with Crippen LogP contribution in [0.3, 0.4) is 0 Å². The zero-order valence-corrected chi connectivity index (χ0v) is 15.0. The van der Waals surface area contributed by atoms with Gasteiger partial charge in [0.2, 0.25) is 10.0 Å². The maximum absolute atomic E-state index is 13.1. The smallest absolute Gasteiger partial charge is 0.255 e. The Morgan fingerprint density at radius 3 is 2.33 bits per heavy atom. The summed E-state index contributed by atoms with van der Waals surface area (Å²) in [5.41, 5.74) is 0.360. The first-order valence-electron chi connectivity index (χ1n) is 6.61. The summed E-state index contributed by atoms with van der Waals surface area (Å²) in [5.74, 6) is -1.19. The molecule has 0 spiro atoms. The minimum atomic E-state index is -3.80. The molecule has 5 nitrogen and oxygen atoms in total. The van der Waals surface area contributed by atoms with Gasteiger partial charge in [0, 0.05) is 25.3 Å². The number of rotatable bonds is 4. The number of carbonyl (C=O) groups excluding carboxylic acids is 1. The molecule has 0 aliphatic carbocycles. The summed E-state index contributed by atoms with van der Waals surface area (Å²) in [7, 11) is -1.08. The Morgan fingerprint density at radius 2 is 1.75 bits per heavy atom. The van der Waals surface area contributed by atoms with Gasteiger partial charge in [-0.05, 0) is 36.4 Å². The van der Waals surface area contributed by atoms with Crippen molar-refractivity contribution in [1.29, 1.82) is 0 Å². The third-order valence-corrected chi connectivity index (χ3v) is 5.72. The summed E-state index contributed by atoms with van der Waals surface area (Å²) < 4.78 is 38.6. The predicted molar refractivity (Wildman–Crippen MR) is 91.7 cm³/mol. The number of hydrogen-bond donors (Lipinski definition) is 1. The van der Waals surface area contributed by atoms with Crippen molar-refractivity contribution in [2.75, 3.05) is 19.4 Å². The molecule has 0 fully saturated rings. The van der Waals surface area contributed by atoms with Gasteiger partial charge in [-0.15, -0.1) is 0 Å². The van der Waals surface area contributed by atoms with E-state index >= 15 is 0 Å². The van der Waals surface area contributed by atoms with Crippen molar-refractivity contribution in [2.24, 2.45) is 0 Å². The number of amides is 1. The first kappa shape index (κ1) is 18.7. The van der Waals surface area contributed by atoms with Crippen molar-refractivity contribution in [3.63, 3.8) is 0 Å². The van der Waals surface area contributed by atoms with E-state index < -0.39 is 21.7 Å². The van der Waals surface area contributed by atoms with Crippen LogP contribution in [-0.2, 0) is 10.0 Å². The Balaban J connectivity index is 2.35. The van der Waals surface area contributed by atoms with Gasteiger partial charge < -0.3 is 5.32 Å². The quantitative estimate of drug-likeness (QED) is 0.866. The lowest BCUT2D eigenvalue weighted by Gasteiger charge is -2.14. The van der Waals surface area contributed by atoms with E-state index in [1.54, 1.807) is 0 Å². The van der Waals surface area contributed by atoms with E-state index in [2.05, 4.69) is 5.32 Å². The van der Waals surface area contributed by atoms with Crippen LogP contribution in [0.2, 0.25) is 10.0 Å². The average molecular weight is 391 g/mol. The summed E-state index contributed by atoms with van der Waals surface area (Å²) in [6.07, 6.45) is 0. The van der Waals surface area contributed by atoms with Gasteiger partial charge in [-0.25, -0.2) is 17.1 Å². The van der Waals surface area contributed by atoms with Gasteiger partial charge in [0.1, 0.15) is 10.7 Å². The van der Waals surface area contributed by atoms with Crippen LogP contribution in [0.15, 0.2) is 41.3 Å². The summed E-state index contributed by atoms with van der Waals surface area (Å²) >= 11 is 11.6. The minimum absolute atomic E-state index is 0.00470. The Hall–Kier alpha value is -1.67. The second-order valence-electron chi connectivity index (χ2n) is 5.02. The molecule has 2 aromatic rings. The SMILES string of the molecule is CN(C)S(=O)(=O)c1cc(C(=O)Nc2ccc(F)c(Cl)c2)ccc1Cl. The standard InChI is InChI=1S/C15H13Cl2FN2O3S/c1-20(2)24(22,23)14-7-9(3-5-11(14)16)15(21)19-10-4-6-13(18)12(17)8-10/h3-8H,1-2H3,(H,19,21). The highest BCUT2D eigenvalue weighted by Gasteiger charge is 2.22. The fraction of sp³-hybridized carbons (Fsp3) is 0.133. The molecule has 0 aromatic heterocycles. The Kier molecular flexibility index (Phi) is 5.49. The fourth-order valence-corrected chi connectivity index (χ4v) is 3.39. The van der Waals surface area contributed by atoms with Gasteiger partial charge in [0.05, 0.1) is 10.0 Å². The van der Waals surface area contributed by atoms with Crippen LogP contribution in [-0.4, -0.2) is 32.7 Å². The third kappa shape index (κ3) is 3.87. The molecule has 128 valence electrons. The largest absolute Gasteiger partial charge is 0.322 e. The number of nitrogens with one attached hydrogen (secondary N) is 1. The summed E-state index contributed by atoms with van der Waals surface area (Å²) in [6, 6.07) is 7.59. The van der Waals surface area contributed by atoms with E-state index in [0.717, 1.165) is 10.4 Å². The fourth-order valence-electron chi connectivity index (χ4n) is 1.82. The molecule has 9 heteroatoms. The highest BCUT2D eigenvalue weighted by molar-refractivity contribution is 7.89. The molecule has 0 aliphatic heterocycles. The molecule has 24 heavy (non-hydrogen) atoms. The summed E-state index contributed by atoms with van der Waals surface area (Å²) in [5, 5.41) is 2.38.